The molecular weight excluding hydrogens is 358 g/mol. The van der Waals surface area contributed by atoms with Gasteiger partial charge in [-0.05, 0) is 37.4 Å². The molecule has 1 N–H and O–H groups in total. The number of thiazole rings is 2. The van der Waals surface area contributed by atoms with Gasteiger partial charge >= 0.3 is 0 Å². The summed E-state index contributed by atoms with van der Waals surface area (Å²) in [5.41, 5.74) is 2.55. The Hall–Kier alpha value is -1.96. The van der Waals surface area contributed by atoms with Crippen molar-refractivity contribution in [2.45, 2.75) is 11.8 Å². The van der Waals surface area contributed by atoms with Crippen molar-refractivity contribution in [1.29, 1.82) is 0 Å². The average molecular weight is 372 g/mol. The molecule has 0 aliphatic rings. The van der Waals surface area contributed by atoms with Crippen molar-refractivity contribution in [3.63, 3.8) is 0 Å². The van der Waals surface area contributed by atoms with Crippen LogP contribution in [0, 0.1) is 6.92 Å². The summed E-state index contributed by atoms with van der Waals surface area (Å²) >= 11 is 4.72. The van der Waals surface area contributed by atoms with Crippen molar-refractivity contribution in [3.05, 3.63) is 47.0 Å². The van der Waals surface area contributed by atoms with Gasteiger partial charge in [-0.1, -0.05) is 23.5 Å². The Morgan fingerprint density at radius 3 is 2.54 bits per heavy atom. The quantitative estimate of drug-likeness (QED) is 0.504. The number of aromatic nitrogens is 2. The van der Waals surface area contributed by atoms with Gasteiger partial charge in [-0.3, -0.25) is 10.1 Å². The number of hydrogen-bond acceptors (Lipinski definition) is 6. The van der Waals surface area contributed by atoms with E-state index in [4.69, 9.17) is 0 Å². The van der Waals surface area contributed by atoms with E-state index in [0.717, 1.165) is 30.3 Å². The lowest BCUT2D eigenvalue weighted by Gasteiger charge is -2.05. The van der Waals surface area contributed by atoms with E-state index < -0.39 is 0 Å². The molecule has 120 valence electrons. The molecule has 4 rings (SSSR count). The molecule has 0 saturated heterocycles. The van der Waals surface area contributed by atoms with Crippen molar-refractivity contribution in [3.8, 4) is 0 Å². The molecule has 0 aliphatic heterocycles. The van der Waals surface area contributed by atoms with Crippen molar-refractivity contribution >= 4 is 65.9 Å². The van der Waals surface area contributed by atoms with Crippen LogP contribution in [0.1, 0.15) is 15.4 Å². The number of nitrogens with one attached hydrogen (secondary N) is 1. The fourth-order valence-electron chi connectivity index (χ4n) is 2.53. The number of rotatable bonds is 3. The predicted octanol–water partition coefficient (Wildman–Crippen LogP) is 5.19. The lowest BCUT2D eigenvalue weighted by atomic mass is 10.2. The van der Waals surface area contributed by atoms with Crippen LogP contribution in [0.2, 0.25) is 0 Å². The highest BCUT2D eigenvalue weighted by Gasteiger charge is 2.15. The third-order valence-electron chi connectivity index (χ3n) is 3.59. The fourth-order valence-corrected chi connectivity index (χ4v) is 5.13. The SMILES string of the molecule is CSc1ccccc1C(=O)Nc1nc2ccc3nc(C)sc3c2s1. The maximum absolute atomic E-state index is 12.6. The molecule has 0 radical (unpaired) electrons. The molecule has 0 bridgehead atoms. The molecule has 4 aromatic rings. The van der Waals surface area contributed by atoms with Crippen LogP contribution in [0.25, 0.3) is 20.4 Å². The van der Waals surface area contributed by atoms with E-state index >= 15 is 0 Å². The number of hydrogen-bond donors (Lipinski definition) is 1. The Morgan fingerprint density at radius 2 is 1.75 bits per heavy atom. The monoisotopic (exact) mass is 371 g/mol. The summed E-state index contributed by atoms with van der Waals surface area (Å²) in [6.45, 7) is 2.00. The van der Waals surface area contributed by atoms with Crippen LogP contribution in [-0.2, 0) is 0 Å². The largest absolute Gasteiger partial charge is 0.298 e. The number of benzene rings is 2. The van der Waals surface area contributed by atoms with Crippen molar-refractivity contribution in [2.75, 3.05) is 11.6 Å². The molecule has 1 amide bonds. The molecule has 0 spiro atoms. The van der Waals surface area contributed by atoms with Crippen molar-refractivity contribution in [2.24, 2.45) is 0 Å². The van der Waals surface area contributed by atoms with Gasteiger partial charge < -0.3 is 0 Å². The van der Waals surface area contributed by atoms with Gasteiger partial charge in [0.2, 0.25) is 0 Å². The normalized spacial score (nSPS) is 11.2. The summed E-state index contributed by atoms with van der Waals surface area (Å²) in [5, 5.41) is 4.58. The Kier molecular flexibility index (Phi) is 3.99. The zero-order chi connectivity index (χ0) is 16.7. The van der Waals surface area contributed by atoms with Gasteiger partial charge in [0.25, 0.3) is 5.91 Å². The average Bonchev–Trinajstić information content (AvgIpc) is 3.16. The summed E-state index contributed by atoms with van der Waals surface area (Å²) in [4.78, 5) is 22.6. The Morgan fingerprint density at radius 1 is 1.04 bits per heavy atom. The third-order valence-corrected chi connectivity index (χ3v) is 6.52. The maximum Gasteiger partial charge on any atom is 0.258 e. The number of fused-ring (bicyclic) bond motifs is 3. The topological polar surface area (TPSA) is 54.9 Å². The van der Waals surface area contributed by atoms with E-state index in [0.29, 0.717) is 10.7 Å². The first-order valence-electron chi connectivity index (χ1n) is 7.27. The Balaban J connectivity index is 1.72. The Bertz CT molecular complexity index is 1070. The predicted molar refractivity (Wildman–Crippen MR) is 104 cm³/mol. The van der Waals surface area contributed by atoms with E-state index in [1.165, 1.54) is 11.3 Å². The third kappa shape index (κ3) is 2.68. The molecule has 0 atom stereocenters. The summed E-state index contributed by atoms with van der Waals surface area (Å²) in [5.74, 6) is -0.129. The van der Waals surface area contributed by atoms with E-state index in [1.54, 1.807) is 23.1 Å². The van der Waals surface area contributed by atoms with Crippen LogP contribution in [0.3, 0.4) is 0 Å². The highest BCUT2D eigenvalue weighted by molar-refractivity contribution is 7.98. The zero-order valence-electron chi connectivity index (χ0n) is 13.0. The molecule has 0 unspecified atom stereocenters. The second kappa shape index (κ2) is 6.16. The number of thioether (sulfide) groups is 1. The molecule has 2 aromatic heterocycles. The molecule has 0 fully saturated rings. The second-order valence-electron chi connectivity index (χ2n) is 5.17. The number of carbonyl (C=O) groups is 1. The number of amides is 1. The lowest BCUT2D eigenvalue weighted by molar-refractivity contribution is 0.102. The van der Waals surface area contributed by atoms with Crippen LogP contribution < -0.4 is 5.32 Å². The Labute approximate surface area is 151 Å². The molecule has 0 aliphatic carbocycles. The molecule has 24 heavy (non-hydrogen) atoms. The first-order chi connectivity index (χ1) is 11.7. The minimum absolute atomic E-state index is 0.129. The van der Waals surface area contributed by atoms with Crippen LogP contribution >= 0.6 is 34.4 Å². The standard InChI is InChI=1S/C17H13N3OS3/c1-9-18-11-7-8-12-15(14(11)23-9)24-17(19-12)20-16(21)10-5-3-4-6-13(10)22-2/h3-8H,1-2H3,(H,19,20,21). The summed E-state index contributed by atoms with van der Waals surface area (Å²) in [6.07, 6.45) is 1.96. The van der Waals surface area contributed by atoms with E-state index in [-0.39, 0.29) is 5.91 Å². The van der Waals surface area contributed by atoms with Gasteiger partial charge in [0.15, 0.2) is 5.13 Å². The maximum atomic E-state index is 12.6. The molecule has 2 aromatic carbocycles. The van der Waals surface area contributed by atoms with Crippen molar-refractivity contribution in [1.82, 2.24) is 9.97 Å². The molecule has 7 heteroatoms. The number of anilines is 1. The molecular formula is C17H13N3OS3. The van der Waals surface area contributed by atoms with E-state index in [9.17, 15) is 4.79 Å². The first kappa shape index (κ1) is 15.6. The van der Waals surface area contributed by atoms with Crippen LogP contribution in [0.5, 0.6) is 0 Å². The van der Waals surface area contributed by atoms with E-state index in [1.807, 2.05) is 49.6 Å². The number of aryl methyl sites for hydroxylation is 1. The van der Waals surface area contributed by atoms with Gasteiger partial charge in [0.1, 0.15) is 0 Å². The smallest absolute Gasteiger partial charge is 0.258 e. The summed E-state index contributed by atoms with van der Waals surface area (Å²) in [6, 6.07) is 11.5. The van der Waals surface area contributed by atoms with Gasteiger partial charge in [-0.25, -0.2) is 9.97 Å². The first-order valence-corrected chi connectivity index (χ1v) is 10.1. The van der Waals surface area contributed by atoms with Crippen LogP contribution in [0.4, 0.5) is 5.13 Å². The number of nitrogens with zero attached hydrogens (tertiary/aromatic N) is 2. The van der Waals surface area contributed by atoms with Crippen LogP contribution in [0.15, 0.2) is 41.3 Å². The van der Waals surface area contributed by atoms with E-state index in [2.05, 4.69) is 15.3 Å². The van der Waals surface area contributed by atoms with Crippen LogP contribution in [-0.4, -0.2) is 22.1 Å². The fraction of sp³-hybridized carbons (Fsp3) is 0.118. The summed E-state index contributed by atoms with van der Waals surface area (Å²) in [7, 11) is 0. The molecule has 0 saturated carbocycles. The van der Waals surface area contributed by atoms with Gasteiger partial charge in [-0.15, -0.1) is 23.1 Å². The zero-order valence-corrected chi connectivity index (χ0v) is 15.4. The number of carbonyl (C=O) groups excluding carboxylic acids is 1. The highest BCUT2D eigenvalue weighted by atomic mass is 32.2. The second-order valence-corrected chi connectivity index (χ2v) is 8.22. The van der Waals surface area contributed by atoms with Crippen molar-refractivity contribution < 1.29 is 4.79 Å². The van der Waals surface area contributed by atoms with Gasteiger partial charge in [-0.2, -0.15) is 0 Å². The van der Waals surface area contributed by atoms with Gasteiger partial charge in [0.05, 0.1) is 31.0 Å². The minimum atomic E-state index is -0.129. The molecule has 4 nitrogen and oxygen atoms in total. The highest BCUT2D eigenvalue weighted by Crippen LogP contribution is 2.36. The van der Waals surface area contributed by atoms with Gasteiger partial charge in [0, 0.05) is 4.90 Å². The summed E-state index contributed by atoms with van der Waals surface area (Å²) < 4.78 is 2.21. The minimum Gasteiger partial charge on any atom is -0.298 e. The molecule has 2 heterocycles. The lowest BCUT2D eigenvalue weighted by Crippen LogP contribution is -2.12.